The van der Waals surface area contributed by atoms with E-state index in [0.717, 1.165) is 17.7 Å². The van der Waals surface area contributed by atoms with Crippen LogP contribution in [-0.2, 0) is 27.6 Å². The molecule has 0 bridgehead atoms. The molecule has 4 N–H and O–H groups in total. The average Bonchev–Trinajstić information content (AvgIpc) is 2.87. The molecule has 29 heavy (non-hydrogen) atoms. The molecule has 1 aliphatic rings. The first-order valence-corrected chi connectivity index (χ1v) is 9.20. The van der Waals surface area contributed by atoms with Crippen LogP contribution in [-0.4, -0.2) is 24.1 Å². The average molecular weight is 406 g/mol. The highest BCUT2D eigenvalue weighted by atomic mass is 19.4. The van der Waals surface area contributed by atoms with Crippen LogP contribution in [0.2, 0.25) is 0 Å². The standard InChI is InChI=1S/C20H22BF3N2O3/c1-19(2)15-9-8-14(11-16(15)21(28)29-19)26-18(27)17(25)10-5-12-3-6-13(7-4-12)20(22,23)24/h3-4,6-9,11,17,28H,5,10,25H2,1-2H3,(H,26,27)/t17-/m1/s1. The second-order valence-corrected chi connectivity index (χ2v) is 7.61. The van der Waals surface area contributed by atoms with Gasteiger partial charge in [-0.15, -0.1) is 0 Å². The minimum Gasteiger partial charge on any atom is -0.423 e. The Morgan fingerprint density at radius 2 is 1.90 bits per heavy atom. The molecule has 1 amide bonds. The van der Waals surface area contributed by atoms with Crippen LogP contribution < -0.4 is 16.5 Å². The van der Waals surface area contributed by atoms with Crippen molar-refractivity contribution in [1.82, 2.24) is 0 Å². The SMILES string of the molecule is CC1(C)OB(O)c2cc(NC(=O)[C@H](N)CCc3ccc(C(F)(F)F)cc3)ccc21. The summed E-state index contributed by atoms with van der Waals surface area (Å²) in [5, 5.41) is 12.7. The number of carbonyl (C=O) groups is 1. The third-order valence-electron chi connectivity index (χ3n) is 5.00. The lowest BCUT2D eigenvalue weighted by atomic mass is 9.78. The van der Waals surface area contributed by atoms with Gasteiger partial charge < -0.3 is 20.7 Å². The number of rotatable bonds is 5. The van der Waals surface area contributed by atoms with Crippen molar-refractivity contribution in [2.75, 3.05) is 5.32 Å². The summed E-state index contributed by atoms with van der Waals surface area (Å²) in [6, 6.07) is 9.12. The van der Waals surface area contributed by atoms with E-state index in [0.29, 0.717) is 23.1 Å². The molecule has 1 heterocycles. The number of nitrogens with two attached hydrogens (primary N) is 1. The van der Waals surface area contributed by atoms with E-state index in [1.165, 1.54) is 12.1 Å². The summed E-state index contributed by atoms with van der Waals surface area (Å²) in [5.41, 5.74) is 7.18. The zero-order valence-corrected chi connectivity index (χ0v) is 16.1. The zero-order chi connectivity index (χ0) is 21.4. The number of hydrogen-bond donors (Lipinski definition) is 3. The van der Waals surface area contributed by atoms with Gasteiger partial charge >= 0.3 is 13.3 Å². The molecular formula is C20H22BF3N2O3. The normalized spacial score (nSPS) is 16.4. The van der Waals surface area contributed by atoms with Gasteiger partial charge in [-0.1, -0.05) is 18.2 Å². The Kier molecular flexibility index (Phi) is 5.75. The van der Waals surface area contributed by atoms with Gasteiger partial charge in [0, 0.05) is 5.69 Å². The van der Waals surface area contributed by atoms with Crippen LogP contribution in [0.25, 0.3) is 0 Å². The highest BCUT2D eigenvalue weighted by Gasteiger charge is 2.40. The van der Waals surface area contributed by atoms with Crippen molar-refractivity contribution in [2.24, 2.45) is 5.73 Å². The van der Waals surface area contributed by atoms with E-state index in [4.69, 9.17) is 10.4 Å². The molecule has 0 fully saturated rings. The molecule has 0 saturated heterocycles. The van der Waals surface area contributed by atoms with Gasteiger partial charge in [0.05, 0.1) is 17.2 Å². The van der Waals surface area contributed by atoms with E-state index >= 15 is 0 Å². The van der Waals surface area contributed by atoms with Crippen LogP contribution in [0.5, 0.6) is 0 Å². The number of aryl methyl sites for hydroxylation is 1. The highest BCUT2D eigenvalue weighted by Crippen LogP contribution is 2.31. The third-order valence-corrected chi connectivity index (χ3v) is 5.00. The van der Waals surface area contributed by atoms with Crippen molar-refractivity contribution in [1.29, 1.82) is 0 Å². The zero-order valence-electron chi connectivity index (χ0n) is 16.1. The first-order chi connectivity index (χ1) is 13.5. The first kappa shape index (κ1) is 21.4. The van der Waals surface area contributed by atoms with Gasteiger partial charge in [-0.3, -0.25) is 4.79 Å². The summed E-state index contributed by atoms with van der Waals surface area (Å²) >= 11 is 0. The molecule has 1 aliphatic heterocycles. The van der Waals surface area contributed by atoms with E-state index in [1.807, 2.05) is 13.8 Å². The number of halogens is 3. The minimum atomic E-state index is -4.38. The monoisotopic (exact) mass is 406 g/mol. The maximum Gasteiger partial charge on any atom is 0.492 e. The van der Waals surface area contributed by atoms with Gasteiger partial charge in [0.2, 0.25) is 5.91 Å². The maximum atomic E-state index is 12.6. The smallest absolute Gasteiger partial charge is 0.423 e. The Hall–Kier alpha value is -2.36. The van der Waals surface area contributed by atoms with Crippen molar-refractivity contribution in [3.8, 4) is 0 Å². The van der Waals surface area contributed by atoms with E-state index in [9.17, 15) is 23.0 Å². The van der Waals surface area contributed by atoms with Gasteiger partial charge in [-0.25, -0.2) is 0 Å². The number of carbonyl (C=O) groups excluding carboxylic acids is 1. The minimum absolute atomic E-state index is 0.279. The predicted molar refractivity (Wildman–Crippen MR) is 105 cm³/mol. The van der Waals surface area contributed by atoms with Crippen LogP contribution >= 0.6 is 0 Å². The first-order valence-electron chi connectivity index (χ1n) is 9.20. The van der Waals surface area contributed by atoms with Gasteiger partial charge in [0.1, 0.15) is 0 Å². The van der Waals surface area contributed by atoms with Crippen molar-refractivity contribution >= 4 is 24.2 Å². The summed E-state index contributed by atoms with van der Waals surface area (Å²) in [5.74, 6) is -0.412. The number of hydrogen-bond acceptors (Lipinski definition) is 4. The molecular weight excluding hydrogens is 384 g/mol. The molecule has 9 heteroatoms. The Balaban J connectivity index is 1.58. The molecule has 2 aromatic carbocycles. The van der Waals surface area contributed by atoms with Crippen LogP contribution in [0.1, 0.15) is 37.0 Å². The van der Waals surface area contributed by atoms with Gasteiger partial charge in [0.25, 0.3) is 0 Å². The number of anilines is 1. The number of nitrogens with one attached hydrogen (secondary N) is 1. The van der Waals surface area contributed by atoms with Crippen molar-refractivity contribution < 1.29 is 27.6 Å². The summed E-state index contributed by atoms with van der Waals surface area (Å²) < 4.78 is 43.3. The molecule has 0 aliphatic carbocycles. The molecule has 0 radical (unpaired) electrons. The molecule has 3 rings (SSSR count). The van der Waals surface area contributed by atoms with Gasteiger partial charge in [-0.2, -0.15) is 13.2 Å². The van der Waals surface area contributed by atoms with E-state index < -0.39 is 36.4 Å². The van der Waals surface area contributed by atoms with Crippen molar-refractivity contribution in [3.63, 3.8) is 0 Å². The summed E-state index contributed by atoms with van der Waals surface area (Å²) in [4.78, 5) is 12.3. The summed E-state index contributed by atoms with van der Waals surface area (Å²) in [6.07, 6.45) is -3.73. The molecule has 2 aromatic rings. The van der Waals surface area contributed by atoms with Crippen LogP contribution in [0.3, 0.4) is 0 Å². The molecule has 0 spiro atoms. The Morgan fingerprint density at radius 3 is 2.52 bits per heavy atom. The van der Waals surface area contributed by atoms with Gasteiger partial charge in [0.15, 0.2) is 0 Å². The Bertz CT molecular complexity index is 901. The lowest BCUT2D eigenvalue weighted by Gasteiger charge is -2.19. The number of amides is 1. The van der Waals surface area contributed by atoms with E-state index in [-0.39, 0.29) is 6.42 Å². The molecule has 0 saturated carbocycles. The van der Waals surface area contributed by atoms with Crippen molar-refractivity contribution in [2.45, 2.75) is 44.5 Å². The topological polar surface area (TPSA) is 84.6 Å². The maximum absolute atomic E-state index is 12.6. The second kappa shape index (κ2) is 7.81. The van der Waals surface area contributed by atoms with E-state index in [1.54, 1.807) is 18.2 Å². The van der Waals surface area contributed by atoms with Crippen molar-refractivity contribution in [3.05, 3.63) is 59.2 Å². The highest BCUT2D eigenvalue weighted by molar-refractivity contribution is 6.62. The fourth-order valence-electron chi connectivity index (χ4n) is 3.35. The van der Waals surface area contributed by atoms with Crippen LogP contribution in [0.15, 0.2) is 42.5 Å². The molecule has 0 aromatic heterocycles. The molecule has 154 valence electrons. The van der Waals surface area contributed by atoms with Gasteiger partial charge in [-0.05, 0) is 67.5 Å². The largest absolute Gasteiger partial charge is 0.492 e. The summed E-state index contributed by atoms with van der Waals surface area (Å²) in [6.45, 7) is 3.69. The van der Waals surface area contributed by atoms with Crippen LogP contribution in [0, 0.1) is 0 Å². The second-order valence-electron chi connectivity index (χ2n) is 7.61. The van der Waals surface area contributed by atoms with Crippen LogP contribution in [0.4, 0.5) is 18.9 Å². The number of fused-ring (bicyclic) bond motifs is 1. The molecule has 5 nitrogen and oxygen atoms in total. The fraction of sp³-hybridized carbons (Fsp3) is 0.350. The number of benzene rings is 2. The molecule has 1 atom stereocenters. The fourth-order valence-corrected chi connectivity index (χ4v) is 3.35. The lowest BCUT2D eigenvalue weighted by molar-refractivity contribution is -0.137. The Morgan fingerprint density at radius 1 is 1.24 bits per heavy atom. The predicted octanol–water partition coefficient (Wildman–Crippen LogP) is 2.56. The lowest BCUT2D eigenvalue weighted by Crippen LogP contribution is -2.36. The summed E-state index contributed by atoms with van der Waals surface area (Å²) in [7, 11) is -1.06. The molecule has 0 unspecified atom stereocenters. The quantitative estimate of drug-likeness (QED) is 0.667. The third kappa shape index (κ3) is 4.80. The number of alkyl halides is 3. The Labute approximate surface area is 167 Å². The van der Waals surface area contributed by atoms with E-state index in [2.05, 4.69) is 5.32 Å².